The quantitative estimate of drug-likeness (QED) is 0.440. The highest BCUT2D eigenvalue weighted by Crippen LogP contribution is 2.30. The zero-order valence-corrected chi connectivity index (χ0v) is 16.9. The Balaban J connectivity index is 0.00000261. The third-order valence-corrected chi connectivity index (χ3v) is 4.86. The Hall–Kier alpha value is -1.60. The van der Waals surface area contributed by atoms with Crippen LogP contribution in [0.25, 0.3) is 10.9 Å². The Morgan fingerprint density at radius 2 is 2.15 bits per heavy atom. The lowest BCUT2D eigenvalue weighted by Gasteiger charge is -2.23. The maximum Gasteiger partial charge on any atom is 0.341 e. The molecule has 1 fully saturated rings. The fourth-order valence-corrected chi connectivity index (χ4v) is 3.43. The van der Waals surface area contributed by atoms with Gasteiger partial charge in [0.15, 0.2) is 0 Å². The summed E-state index contributed by atoms with van der Waals surface area (Å²) in [5, 5.41) is 4.82. The molecule has 0 aliphatic carbocycles. The van der Waals surface area contributed by atoms with Gasteiger partial charge in [-0.25, -0.2) is 4.79 Å². The lowest BCUT2D eigenvalue weighted by atomic mass is 10.1. The lowest BCUT2D eigenvalue weighted by Crippen LogP contribution is -3.14. The number of benzene rings is 1. The van der Waals surface area contributed by atoms with E-state index in [1.807, 2.05) is 12.1 Å². The molecule has 1 aliphatic rings. The van der Waals surface area contributed by atoms with Gasteiger partial charge in [-0.05, 0) is 13.0 Å². The van der Waals surface area contributed by atoms with Crippen LogP contribution in [0.4, 0.5) is 5.69 Å². The number of fused-ring (bicyclic) bond motifs is 1. The second kappa shape index (κ2) is 10.7. The molecule has 2 N–H and O–H groups in total. The molecule has 0 radical (unpaired) electrons. The molecule has 1 saturated heterocycles. The van der Waals surface area contributed by atoms with Gasteiger partial charge in [0.05, 0.1) is 42.6 Å². The van der Waals surface area contributed by atoms with Gasteiger partial charge in [0.1, 0.15) is 18.7 Å². The summed E-state index contributed by atoms with van der Waals surface area (Å²) >= 11 is 6.26. The second-order valence-corrected chi connectivity index (χ2v) is 6.70. The van der Waals surface area contributed by atoms with E-state index < -0.39 is 0 Å². The first-order valence-electron chi connectivity index (χ1n) is 9.10. The molecule has 8 heteroatoms. The first-order valence-corrected chi connectivity index (χ1v) is 9.48. The topological polar surface area (TPSA) is 64.9 Å². The average molecular weight is 414 g/mol. The number of quaternary nitrogens is 1. The number of anilines is 1. The van der Waals surface area contributed by atoms with Crippen molar-refractivity contribution in [2.45, 2.75) is 13.3 Å². The van der Waals surface area contributed by atoms with E-state index in [4.69, 9.17) is 21.1 Å². The Morgan fingerprint density at radius 3 is 2.89 bits per heavy atom. The average Bonchev–Trinajstić information content (AvgIpc) is 2.66. The molecule has 0 saturated carbocycles. The lowest BCUT2D eigenvalue weighted by molar-refractivity contribution is -0.908. The van der Waals surface area contributed by atoms with E-state index >= 15 is 0 Å². The predicted octanol–water partition coefficient (Wildman–Crippen LogP) is -1.21. The first kappa shape index (κ1) is 21.7. The molecule has 3 rings (SSSR count). The van der Waals surface area contributed by atoms with Crippen LogP contribution in [0.5, 0.6) is 0 Å². The zero-order valence-electron chi connectivity index (χ0n) is 15.4. The van der Waals surface area contributed by atoms with Gasteiger partial charge in [0, 0.05) is 24.5 Å². The molecule has 2 aromatic rings. The van der Waals surface area contributed by atoms with Crippen molar-refractivity contribution in [3.05, 3.63) is 35.0 Å². The minimum absolute atomic E-state index is 0. The zero-order chi connectivity index (χ0) is 18.4. The number of aromatic nitrogens is 1. The molecule has 27 heavy (non-hydrogen) atoms. The van der Waals surface area contributed by atoms with Gasteiger partial charge in [-0.1, -0.05) is 23.7 Å². The van der Waals surface area contributed by atoms with Crippen LogP contribution in [-0.4, -0.2) is 57.0 Å². The Bertz CT molecular complexity index is 767. The van der Waals surface area contributed by atoms with Crippen molar-refractivity contribution in [1.29, 1.82) is 0 Å². The van der Waals surface area contributed by atoms with Gasteiger partial charge in [0.2, 0.25) is 0 Å². The molecule has 0 atom stereocenters. The highest BCUT2D eigenvalue weighted by molar-refractivity contribution is 6.35. The molecular weight excluding hydrogens is 389 g/mol. The number of rotatable bonds is 7. The molecule has 0 unspecified atom stereocenters. The fourth-order valence-electron chi connectivity index (χ4n) is 3.20. The summed E-state index contributed by atoms with van der Waals surface area (Å²) in [6, 6.07) is 5.59. The standard InChI is InChI=1S/C19H24ClN3O3.ClH/c1-2-26-19(24)15-13-22-18-14(5-3-6-16(18)20)17(15)21-7-4-8-23-9-11-25-12-10-23;/h3,5-6,13H,2,4,7-12H2,1H3,(H,21,22);1H. The van der Waals surface area contributed by atoms with E-state index in [2.05, 4.69) is 10.3 Å². The van der Waals surface area contributed by atoms with Gasteiger partial charge in [0.25, 0.3) is 0 Å². The van der Waals surface area contributed by atoms with Crippen LogP contribution in [0.2, 0.25) is 5.02 Å². The monoisotopic (exact) mass is 413 g/mol. The van der Waals surface area contributed by atoms with Crippen molar-refractivity contribution in [1.82, 2.24) is 4.98 Å². The SMILES string of the molecule is CCOC(=O)c1cnc2c(Cl)cccc2c1NCCC[NH+]1CCOCC1.[Cl-]. The summed E-state index contributed by atoms with van der Waals surface area (Å²) in [6.07, 6.45) is 2.55. The summed E-state index contributed by atoms with van der Waals surface area (Å²) in [5.74, 6) is -0.372. The number of hydrogen-bond donors (Lipinski definition) is 2. The number of nitrogens with one attached hydrogen (secondary N) is 2. The number of pyridine rings is 1. The fraction of sp³-hybridized carbons (Fsp3) is 0.474. The number of carbonyl (C=O) groups is 1. The molecule has 148 valence electrons. The number of nitrogens with zero attached hydrogens (tertiary/aromatic N) is 1. The highest BCUT2D eigenvalue weighted by atomic mass is 35.5. The summed E-state index contributed by atoms with van der Waals surface area (Å²) in [5.41, 5.74) is 1.87. The Labute approximate surface area is 170 Å². The van der Waals surface area contributed by atoms with Crippen LogP contribution in [0.15, 0.2) is 24.4 Å². The van der Waals surface area contributed by atoms with Gasteiger partial charge in [-0.2, -0.15) is 0 Å². The summed E-state index contributed by atoms with van der Waals surface area (Å²) in [6.45, 7) is 7.75. The number of para-hydroxylation sites is 1. The van der Waals surface area contributed by atoms with Crippen LogP contribution in [0.3, 0.4) is 0 Å². The van der Waals surface area contributed by atoms with Crippen molar-refractivity contribution in [2.75, 3.05) is 51.3 Å². The summed E-state index contributed by atoms with van der Waals surface area (Å²) < 4.78 is 10.6. The predicted molar refractivity (Wildman–Crippen MR) is 102 cm³/mol. The number of morpholine rings is 1. The first-order chi connectivity index (χ1) is 12.7. The number of halogens is 2. The Kier molecular flexibility index (Phi) is 8.57. The molecule has 0 bridgehead atoms. The van der Waals surface area contributed by atoms with Crippen LogP contribution in [0, 0.1) is 0 Å². The highest BCUT2D eigenvalue weighted by Gasteiger charge is 2.18. The van der Waals surface area contributed by atoms with Gasteiger partial charge >= 0.3 is 5.97 Å². The van der Waals surface area contributed by atoms with E-state index in [1.54, 1.807) is 24.1 Å². The molecule has 0 amide bonds. The van der Waals surface area contributed by atoms with Crippen LogP contribution >= 0.6 is 11.6 Å². The van der Waals surface area contributed by atoms with Crippen molar-refractivity contribution < 1.29 is 31.6 Å². The number of esters is 1. The molecule has 1 aromatic carbocycles. The Morgan fingerprint density at radius 1 is 1.37 bits per heavy atom. The molecule has 1 aliphatic heterocycles. The summed E-state index contributed by atoms with van der Waals surface area (Å²) in [7, 11) is 0. The molecular formula is C19H25Cl2N3O3. The number of hydrogen-bond acceptors (Lipinski definition) is 5. The van der Waals surface area contributed by atoms with Crippen molar-refractivity contribution in [3.8, 4) is 0 Å². The van der Waals surface area contributed by atoms with Gasteiger partial charge in [-0.15, -0.1) is 0 Å². The second-order valence-electron chi connectivity index (χ2n) is 6.30. The molecule has 0 spiro atoms. The van der Waals surface area contributed by atoms with Crippen LogP contribution < -0.4 is 22.6 Å². The smallest absolute Gasteiger partial charge is 0.341 e. The number of ether oxygens (including phenoxy) is 2. The van der Waals surface area contributed by atoms with Crippen molar-refractivity contribution in [3.63, 3.8) is 0 Å². The van der Waals surface area contributed by atoms with E-state index in [-0.39, 0.29) is 18.4 Å². The van der Waals surface area contributed by atoms with Crippen LogP contribution in [0.1, 0.15) is 23.7 Å². The van der Waals surface area contributed by atoms with E-state index in [9.17, 15) is 4.79 Å². The molecule has 1 aromatic heterocycles. The largest absolute Gasteiger partial charge is 1.00 e. The maximum atomic E-state index is 12.3. The minimum Gasteiger partial charge on any atom is -1.00 e. The minimum atomic E-state index is -0.372. The van der Waals surface area contributed by atoms with E-state index in [0.29, 0.717) is 22.7 Å². The van der Waals surface area contributed by atoms with Gasteiger partial charge in [-0.3, -0.25) is 4.98 Å². The van der Waals surface area contributed by atoms with Gasteiger partial charge < -0.3 is 32.1 Å². The third-order valence-electron chi connectivity index (χ3n) is 4.55. The van der Waals surface area contributed by atoms with E-state index in [1.165, 1.54) is 0 Å². The summed E-state index contributed by atoms with van der Waals surface area (Å²) in [4.78, 5) is 18.2. The van der Waals surface area contributed by atoms with E-state index in [0.717, 1.165) is 56.9 Å². The van der Waals surface area contributed by atoms with Crippen molar-refractivity contribution >= 4 is 34.2 Å². The van der Waals surface area contributed by atoms with Crippen LogP contribution in [-0.2, 0) is 9.47 Å². The third kappa shape index (κ3) is 5.45. The van der Waals surface area contributed by atoms with Crippen molar-refractivity contribution in [2.24, 2.45) is 0 Å². The number of carbonyl (C=O) groups excluding carboxylic acids is 1. The molecule has 6 nitrogen and oxygen atoms in total. The molecule has 2 heterocycles. The normalized spacial score (nSPS) is 14.6. The maximum absolute atomic E-state index is 12.3.